The van der Waals surface area contributed by atoms with Gasteiger partial charge in [0, 0.05) is 16.3 Å². The van der Waals surface area contributed by atoms with Crippen molar-refractivity contribution in [3.63, 3.8) is 0 Å². The van der Waals surface area contributed by atoms with Crippen LogP contribution in [0.3, 0.4) is 0 Å². The molecule has 0 fully saturated rings. The maximum absolute atomic E-state index is 13.3. The van der Waals surface area contributed by atoms with E-state index in [0.717, 1.165) is 11.1 Å². The summed E-state index contributed by atoms with van der Waals surface area (Å²) in [7, 11) is 1.47. The number of allylic oxidation sites excluding steroid dienone is 5. The van der Waals surface area contributed by atoms with Gasteiger partial charge in [-0.15, -0.1) is 0 Å². The van der Waals surface area contributed by atoms with Gasteiger partial charge < -0.3 is 9.84 Å². The average molecular weight is 496 g/mol. The summed E-state index contributed by atoms with van der Waals surface area (Å²) < 4.78 is 6.37. The number of benzene rings is 1. The molecule has 0 saturated carbocycles. The van der Waals surface area contributed by atoms with Crippen LogP contribution in [0.15, 0.2) is 51.0 Å². The Morgan fingerprint density at radius 3 is 2.59 bits per heavy atom. The molecule has 142 valence electrons. The summed E-state index contributed by atoms with van der Waals surface area (Å²) in [4.78, 5) is 26.0. The summed E-state index contributed by atoms with van der Waals surface area (Å²) in [6.07, 6.45) is 5.66. The highest BCUT2D eigenvalue weighted by atomic mass is 79.9. The number of halogens is 2. The van der Waals surface area contributed by atoms with Gasteiger partial charge in [-0.25, -0.2) is 0 Å². The molecule has 3 rings (SSSR count). The molecule has 2 aliphatic carbocycles. The van der Waals surface area contributed by atoms with E-state index in [1.807, 2.05) is 13.0 Å². The molecule has 0 unspecified atom stereocenters. The lowest BCUT2D eigenvalue weighted by molar-refractivity contribution is -0.137. The highest BCUT2D eigenvalue weighted by Crippen LogP contribution is 2.57. The Kier molecular flexibility index (Phi) is 5.25. The molecule has 0 heterocycles. The highest BCUT2D eigenvalue weighted by Gasteiger charge is 2.55. The fourth-order valence-electron chi connectivity index (χ4n) is 4.35. The van der Waals surface area contributed by atoms with Crippen molar-refractivity contribution < 1.29 is 19.4 Å². The minimum atomic E-state index is -0.946. The molecule has 1 aromatic carbocycles. The smallest absolute Gasteiger partial charge is 0.173 e. The fourth-order valence-corrected chi connectivity index (χ4v) is 5.31. The zero-order valence-electron chi connectivity index (χ0n) is 15.3. The van der Waals surface area contributed by atoms with Gasteiger partial charge in [-0.2, -0.15) is 0 Å². The van der Waals surface area contributed by atoms with Gasteiger partial charge in [0.2, 0.25) is 0 Å². The van der Waals surface area contributed by atoms with E-state index in [0.29, 0.717) is 20.9 Å². The molecule has 0 radical (unpaired) electrons. The molecule has 3 atom stereocenters. The number of carbonyl (C=O) groups is 2. The van der Waals surface area contributed by atoms with Crippen LogP contribution >= 0.6 is 31.9 Å². The second kappa shape index (κ2) is 7.06. The molecule has 1 N–H and O–H groups in total. The van der Waals surface area contributed by atoms with Crippen molar-refractivity contribution in [1.29, 1.82) is 0 Å². The van der Waals surface area contributed by atoms with Crippen LogP contribution in [0.25, 0.3) is 0 Å². The second-order valence-electron chi connectivity index (χ2n) is 7.12. The summed E-state index contributed by atoms with van der Waals surface area (Å²) in [5.74, 6) is -0.658. The number of hydrogen-bond donors (Lipinski definition) is 1. The van der Waals surface area contributed by atoms with Crippen LogP contribution < -0.4 is 4.74 Å². The summed E-state index contributed by atoms with van der Waals surface area (Å²) in [6.45, 7) is 7.46. The Labute approximate surface area is 175 Å². The van der Waals surface area contributed by atoms with Gasteiger partial charge in [0.15, 0.2) is 23.1 Å². The Morgan fingerprint density at radius 2 is 2.00 bits per heavy atom. The van der Waals surface area contributed by atoms with Crippen LogP contribution in [0.5, 0.6) is 11.5 Å². The first-order valence-electron chi connectivity index (χ1n) is 8.52. The van der Waals surface area contributed by atoms with Crippen molar-refractivity contribution in [2.24, 2.45) is 11.3 Å². The Bertz CT molecular complexity index is 929. The number of methoxy groups -OCH3 is 1. The summed E-state index contributed by atoms with van der Waals surface area (Å²) >= 11 is 6.93. The largest absolute Gasteiger partial charge is 0.503 e. The van der Waals surface area contributed by atoms with Gasteiger partial charge in [-0.05, 0) is 74.1 Å². The van der Waals surface area contributed by atoms with E-state index in [1.54, 1.807) is 19.1 Å². The molecule has 4 nitrogen and oxygen atoms in total. The normalized spacial score (nSPS) is 27.6. The van der Waals surface area contributed by atoms with Crippen LogP contribution in [0.1, 0.15) is 31.7 Å². The lowest BCUT2D eigenvalue weighted by atomic mass is 9.53. The topological polar surface area (TPSA) is 63.6 Å². The van der Waals surface area contributed by atoms with Crippen molar-refractivity contribution in [2.75, 3.05) is 7.11 Å². The SMILES string of the molecule is C=CC1=CC[C@H]2C(=O)C=C(C)C(=O)[C@@]2(C)[C@H]1c1cc(OC)c(O)c(Br)c1Br. The second-order valence-corrected chi connectivity index (χ2v) is 8.70. The standard InChI is InChI=1S/C21H20Br2O4/c1-5-11-6-7-13-14(24)8-10(2)20(26)21(13,3)16(11)12-9-15(27-4)19(25)18(23)17(12)22/h5-6,8-9,13,16,25H,1,7H2,2-4H3/t13-,16+,21+/m0/s1. The Hall–Kier alpha value is -1.66. The van der Waals surface area contributed by atoms with E-state index in [2.05, 4.69) is 38.4 Å². The summed E-state index contributed by atoms with van der Waals surface area (Å²) in [6, 6.07) is 1.71. The number of ether oxygens (including phenoxy) is 1. The van der Waals surface area contributed by atoms with E-state index in [9.17, 15) is 14.7 Å². The number of hydrogen-bond acceptors (Lipinski definition) is 4. The lowest BCUT2D eigenvalue weighted by Crippen LogP contribution is -2.49. The first kappa shape index (κ1) is 20.1. The van der Waals surface area contributed by atoms with Crippen molar-refractivity contribution in [3.8, 4) is 11.5 Å². The number of aromatic hydroxyl groups is 1. The predicted octanol–water partition coefficient (Wildman–Crippen LogP) is 5.25. The van der Waals surface area contributed by atoms with E-state index in [4.69, 9.17) is 4.74 Å². The molecule has 0 spiro atoms. The van der Waals surface area contributed by atoms with Crippen molar-refractivity contribution in [1.82, 2.24) is 0 Å². The first-order valence-corrected chi connectivity index (χ1v) is 10.1. The number of phenols is 1. The molecule has 0 bridgehead atoms. The molecule has 6 heteroatoms. The van der Waals surface area contributed by atoms with Crippen LogP contribution in [0.2, 0.25) is 0 Å². The third-order valence-electron chi connectivity index (χ3n) is 5.74. The molecule has 1 aromatic rings. The maximum atomic E-state index is 13.3. The Balaban J connectivity index is 2.34. The minimum absolute atomic E-state index is 0.0279. The summed E-state index contributed by atoms with van der Waals surface area (Å²) in [5.41, 5.74) is 1.16. The zero-order chi connectivity index (χ0) is 20.1. The molecule has 27 heavy (non-hydrogen) atoms. The van der Waals surface area contributed by atoms with Gasteiger partial charge in [0.25, 0.3) is 0 Å². The number of phenolic OH excluding ortho intramolecular Hbond substituents is 1. The van der Waals surface area contributed by atoms with Crippen LogP contribution in [0, 0.1) is 11.3 Å². The summed E-state index contributed by atoms with van der Waals surface area (Å²) in [5, 5.41) is 10.3. The quantitative estimate of drug-likeness (QED) is 0.622. The third kappa shape index (κ3) is 2.85. The molecule has 0 aromatic heterocycles. The van der Waals surface area contributed by atoms with Crippen LogP contribution in [-0.4, -0.2) is 23.8 Å². The van der Waals surface area contributed by atoms with E-state index < -0.39 is 17.3 Å². The van der Waals surface area contributed by atoms with E-state index in [-0.39, 0.29) is 23.1 Å². The van der Waals surface area contributed by atoms with Crippen molar-refractivity contribution >= 4 is 43.4 Å². The van der Waals surface area contributed by atoms with Gasteiger partial charge in [0.1, 0.15) is 0 Å². The minimum Gasteiger partial charge on any atom is -0.503 e. The van der Waals surface area contributed by atoms with Gasteiger partial charge in [-0.3, -0.25) is 9.59 Å². The number of ketones is 2. The van der Waals surface area contributed by atoms with Gasteiger partial charge in [-0.1, -0.05) is 25.7 Å². The van der Waals surface area contributed by atoms with Crippen molar-refractivity contribution in [2.45, 2.75) is 26.2 Å². The lowest BCUT2D eigenvalue weighted by Gasteiger charge is -2.47. The molecule has 0 aliphatic heterocycles. The molecule has 2 aliphatic rings. The highest BCUT2D eigenvalue weighted by molar-refractivity contribution is 9.13. The average Bonchev–Trinajstić information content (AvgIpc) is 2.64. The molecular weight excluding hydrogens is 476 g/mol. The van der Waals surface area contributed by atoms with Crippen LogP contribution in [-0.2, 0) is 9.59 Å². The Morgan fingerprint density at radius 1 is 1.33 bits per heavy atom. The van der Waals surface area contributed by atoms with Crippen molar-refractivity contribution in [3.05, 3.63) is 56.5 Å². The molecule has 0 saturated heterocycles. The number of fused-ring (bicyclic) bond motifs is 1. The van der Waals surface area contributed by atoms with Gasteiger partial charge >= 0.3 is 0 Å². The third-order valence-corrected chi connectivity index (χ3v) is 7.89. The van der Waals surface area contributed by atoms with Gasteiger partial charge in [0.05, 0.1) is 17.0 Å². The zero-order valence-corrected chi connectivity index (χ0v) is 18.5. The molecule has 0 amide bonds. The number of carbonyl (C=O) groups excluding carboxylic acids is 2. The molecular formula is C21H20Br2O4. The maximum Gasteiger partial charge on any atom is 0.173 e. The van der Waals surface area contributed by atoms with E-state index >= 15 is 0 Å². The van der Waals surface area contributed by atoms with E-state index in [1.165, 1.54) is 13.2 Å². The first-order chi connectivity index (χ1) is 12.7. The number of Topliss-reactive ketones (excluding diaryl/α,β-unsaturated/α-hetero) is 1. The van der Waals surface area contributed by atoms with Crippen LogP contribution in [0.4, 0.5) is 0 Å². The predicted molar refractivity (Wildman–Crippen MR) is 111 cm³/mol. The number of rotatable bonds is 3. The fraction of sp³-hybridized carbons (Fsp3) is 0.333. The monoisotopic (exact) mass is 494 g/mol.